The number of nitrogens with zero attached hydrogens (tertiary/aromatic N) is 1. The maximum atomic E-state index is 12.8. The molecular formula is C24H25N3O4. The van der Waals surface area contributed by atoms with Crippen LogP contribution in [0.25, 0.3) is 0 Å². The fraction of sp³-hybridized carbons (Fsp3) is 0.375. The molecule has 7 heteroatoms. The van der Waals surface area contributed by atoms with Crippen LogP contribution in [0, 0.1) is 11.8 Å². The van der Waals surface area contributed by atoms with E-state index >= 15 is 0 Å². The van der Waals surface area contributed by atoms with Crippen LogP contribution in [0.1, 0.15) is 41.6 Å². The van der Waals surface area contributed by atoms with Gasteiger partial charge in [0.1, 0.15) is 5.75 Å². The summed E-state index contributed by atoms with van der Waals surface area (Å²) >= 11 is 0. The average molecular weight is 419 g/mol. The van der Waals surface area contributed by atoms with Crippen molar-refractivity contribution >= 4 is 29.1 Å². The maximum Gasteiger partial charge on any atom is 0.262 e. The molecule has 2 heterocycles. The van der Waals surface area contributed by atoms with E-state index in [0.717, 1.165) is 43.4 Å². The van der Waals surface area contributed by atoms with Crippen LogP contribution in [0.2, 0.25) is 0 Å². The molecule has 0 spiro atoms. The molecule has 3 amide bonds. The lowest BCUT2D eigenvalue weighted by atomic mass is 9.81. The van der Waals surface area contributed by atoms with Gasteiger partial charge >= 0.3 is 0 Å². The van der Waals surface area contributed by atoms with Crippen molar-refractivity contribution < 1.29 is 19.1 Å². The number of ether oxygens (including phenoxy) is 1. The largest absolute Gasteiger partial charge is 0.482 e. The van der Waals surface area contributed by atoms with Crippen LogP contribution in [-0.2, 0) is 16.1 Å². The number of fused-ring (bicyclic) bond motifs is 2. The predicted molar refractivity (Wildman–Crippen MR) is 116 cm³/mol. The molecular weight excluding hydrogens is 394 g/mol. The first-order valence-corrected chi connectivity index (χ1v) is 10.8. The standard InChI is InChI=1S/C24H25N3O4/c28-22-14-31-21-10-9-18(11-20(21)26-22)25-23(29)16-7-5-15(6-8-16)12-27-13-17-3-1-2-4-19(17)24(27)30/h1-4,9-11,15-16H,5-8,12-14H2,(H,25,29)(H,26,28). The molecule has 0 aromatic heterocycles. The Kier molecular flexibility index (Phi) is 5.10. The summed E-state index contributed by atoms with van der Waals surface area (Å²) in [5.41, 5.74) is 3.15. The Morgan fingerprint density at radius 2 is 1.90 bits per heavy atom. The molecule has 0 saturated heterocycles. The lowest BCUT2D eigenvalue weighted by Crippen LogP contribution is -2.34. The minimum Gasteiger partial charge on any atom is -0.482 e. The van der Waals surface area contributed by atoms with Crippen molar-refractivity contribution in [2.75, 3.05) is 23.8 Å². The van der Waals surface area contributed by atoms with Gasteiger partial charge in [-0.1, -0.05) is 18.2 Å². The highest BCUT2D eigenvalue weighted by atomic mass is 16.5. The second-order valence-electron chi connectivity index (χ2n) is 8.60. The summed E-state index contributed by atoms with van der Waals surface area (Å²) in [5, 5.41) is 5.73. The van der Waals surface area contributed by atoms with E-state index in [-0.39, 0.29) is 30.2 Å². The van der Waals surface area contributed by atoms with E-state index in [1.165, 1.54) is 0 Å². The van der Waals surface area contributed by atoms with Gasteiger partial charge in [0, 0.05) is 30.3 Å². The molecule has 0 bridgehead atoms. The topological polar surface area (TPSA) is 87.7 Å². The van der Waals surface area contributed by atoms with E-state index in [1.54, 1.807) is 18.2 Å². The molecule has 31 heavy (non-hydrogen) atoms. The molecule has 1 fully saturated rings. The van der Waals surface area contributed by atoms with Crippen molar-refractivity contribution in [2.24, 2.45) is 11.8 Å². The smallest absolute Gasteiger partial charge is 0.262 e. The van der Waals surface area contributed by atoms with E-state index < -0.39 is 0 Å². The second kappa shape index (κ2) is 8.06. The summed E-state index contributed by atoms with van der Waals surface area (Å²) in [6, 6.07) is 13.1. The highest BCUT2D eigenvalue weighted by Crippen LogP contribution is 2.34. The first-order valence-electron chi connectivity index (χ1n) is 10.8. The predicted octanol–water partition coefficient (Wildman–Crippen LogP) is 3.42. The van der Waals surface area contributed by atoms with Crippen LogP contribution in [0.15, 0.2) is 42.5 Å². The van der Waals surface area contributed by atoms with Crippen LogP contribution in [0.5, 0.6) is 5.75 Å². The fourth-order valence-corrected chi connectivity index (χ4v) is 4.79. The monoisotopic (exact) mass is 419 g/mol. The minimum absolute atomic E-state index is 0.00566. The maximum absolute atomic E-state index is 12.8. The van der Waals surface area contributed by atoms with Crippen molar-refractivity contribution in [1.29, 1.82) is 0 Å². The summed E-state index contributed by atoms with van der Waals surface area (Å²) in [7, 11) is 0. The van der Waals surface area contributed by atoms with Crippen LogP contribution in [-0.4, -0.2) is 35.8 Å². The van der Waals surface area contributed by atoms with Crippen molar-refractivity contribution in [2.45, 2.75) is 32.2 Å². The summed E-state index contributed by atoms with van der Waals surface area (Å²) in [5.74, 6) is 0.929. The number of benzene rings is 2. The number of carbonyl (C=O) groups is 3. The molecule has 0 unspecified atom stereocenters. The zero-order valence-corrected chi connectivity index (χ0v) is 17.2. The molecule has 2 aromatic carbocycles. The number of anilines is 2. The molecule has 0 atom stereocenters. The molecule has 5 rings (SSSR count). The highest BCUT2D eigenvalue weighted by molar-refractivity contribution is 5.99. The third-order valence-corrected chi connectivity index (χ3v) is 6.47. The lowest BCUT2D eigenvalue weighted by Gasteiger charge is -2.30. The molecule has 2 aromatic rings. The van der Waals surface area contributed by atoms with Gasteiger partial charge in [-0.05, 0) is 61.4 Å². The van der Waals surface area contributed by atoms with E-state index in [0.29, 0.717) is 29.6 Å². The fourth-order valence-electron chi connectivity index (χ4n) is 4.79. The van der Waals surface area contributed by atoms with Crippen molar-refractivity contribution in [3.05, 3.63) is 53.6 Å². The highest BCUT2D eigenvalue weighted by Gasteiger charge is 2.32. The van der Waals surface area contributed by atoms with Gasteiger partial charge < -0.3 is 20.3 Å². The van der Waals surface area contributed by atoms with Gasteiger partial charge in [-0.25, -0.2) is 0 Å². The summed E-state index contributed by atoms with van der Waals surface area (Å²) in [4.78, 5) is 38.8. The Bertz CT molecular complexity index is 1040. The molecule has 1 aliphatic carbocycles. The SMILES string of the molecule is O=C1COc2ccc(NC(=O)C3CCC(CN4Cc5ccccc5C4=O)CC3)cc2N1. The molecule has 7 nitrogen and oxygen atoms in total. The molecule has 3 aliphatic rings. The summed E-state index contributed by atoms with van der Waals surface area (Å²) in [6.07, 6.45) is 3.51. The van der Waals surface area contributed by atoms with Gasteiger partial charge in [-0.15, -0.1) is 0 Å². The number of amides is 3. The van der Waals surface area contributed by atoms with Crippen molar-refractivity contribution in [1.82, 2.24) is 4.90 Å². The van der Waals surface area contributed by atoms with E-state index in [2.05, 4.69) is 10.6 Å². The minimum atomic E-state index is -0.200. The van der Waals surface area contributed by atoms with Crippen LogP contribution in [0.4, 0.5) is 11.4 Å². The quantitative estimate of drug-likeness (QED) is 0.795. The molecule has 2 aliphatic heterocycles. The number of hydrogen-bond acceptors (Lipinski definition) is 4. The van der Waals surface area contributed by atoms with Gasteiger partial charge in [0.05, 0.1) is 5.69 Å². The lowest BCUT2D eigenvalue weighted by molar-refractivity contribution is -0.121. The average Bonchev–Trinajstić information content (AvgIpc) is 3.09. The van der Waals surface area contributed by atoms with Crippen molar-refractivity contribution in [3.63, 3.8) is 0 Å². The summed E-state index contributed by atoms with van der Waals surface area (Å²) in [6.45, 7) is 1.46. The Hall–Kier alpha value is -3.35. The Morgan fingerprint density at radius 1 is 1.10 bits per heavy atom. The van der Waals surface area contributed by atoms with Gasteiger partial charge in [-0.2, -0.15) is 0 Å². The van der Waals surface area contributed by atoms with Crippen LogP contribution in [0.3, 0.4) is 0 Å². The summed E-state index contributed by atoms with van der Waals surface area (Å²) < 4.78 is 5.35. The van der Waals surface area contributed by atoms with E-state index in [1.807, 2.05) is 29.2 Å². The Labute approximate surface area is 180 Å². The number of rotatable bonds is 4. The molecule has 0 radical (unpaired) electrons. The van der Waals surface area contributed by atoms with E-state index in [4.69, 9.17) is 4.74 Å². The zero-order chi connectivity index (χ0) is 21.4. The first kappa shape index (κ1) is 19.6. The number of hydrogen-bond donors (Lipinski definition) is 2. The van der Waals surface area contributed by atoms with Gasteiger partial charge in [0.25, 0.3) is 11.8 Å². The Morgan fingerprint density at radius 3 is 2.71 bits per heavy atom. The van der Waals surface area contributed by atoms with Crippen LogP contribution < -0.4 is 15.4 Å². The van der Waals surface area contributed by atoms with Crippen molar-refractivity contribution in [3.8, 4) is 5.75 Å². The van der Waals surface area contributed by atoms with E-state index in [9.17, 15) is 14.4 Å². The molecule has 1 saturated carbocycles. The van der Waals surface area contributed by atoms with Gasteiger partial charge in [0.15, 0.2) is 6.61 Å². The molecule has 2 N–H and O–H groups in total. The second-order valence-corrected chi connectivity index (χ2v) is 8.60. The third kappa shape index (κ3) is 4.00. The van der Waals surface area contributed by atoms with Gasteiger partial charge in [-0.3, -0.25) is 14.4 Å². The normalized spacial score (nSPS) is 22.3. The molecule has 160 valence electrons. The Balaban J connectivity index is 1.13. The first-order chi connectivity index (χ1) is 15.1. The number of carbonyl (C=O) groups excluding carboxylic acids is 3. The van der Waals surface area contributed by atoms with Crippen LogP contribution >= 0.6 is 0 Å². The third-order valence-electron chi connectivity index (χ3n) is 6.47. The number of nitrogens with one attached hydrogen (secondary N) is 2. The van der Waals surface area contributed by atoms with Gasteiger partial charge in [0.2, 0.25) is 5.91 Å². The zero-order valence-electron chi connectivity index (χ0n) is 17.2.